The van der Waals surface area contributed by atoms with Gasteiger partial charge in [0, 0.05) is 34.9 Å². The number of anilines is 2. The molecule has 0 fully saturated rings. The predicted octanol–water partition coefficient (Wildman–Crippen LogP) is 6.48. The third kappa shape index (κ3) is 3.39. The van der Waals surface area contributed by atoms with Crippen LogP contribution in [0.15, 0.2) is 60.9 Å². The first-order valence-corrected chi connectivity index (χ1v) is 10.8. The molecule has 5 aromatic rings. The highest BCUT2D eigenvalue weighted by Gasteiger charge is 2.13. The number of aromatic nitrogens is 4. The minimum absolute atomic E-state index is 0.426. The van der Waals surface area contributed by atoms with Crippen LogP contribution in [0.2, 0.25) is 0 Å². The number of benzene rings is 2. The molecular formula is C24H21N5S. The fraction of sp³-hybridized carbons (Fsp3) is 0.167. The van der Waals surface area contributed by atoms with E-state index in [2.05, 4.69) is 61.4 Å². The molecule has 2 aromatic carbocycles. The SMILES string of the molecule is Cc1cccc2c(Nc3ccc4nc(C(C)C)sc4c3)nc(-c3ccncc3)nc12. The lowest BCUT2D eigenvalue weighted by molar-refractivity contribution is 0.857. The van der Waals surface area contributed by atoms with Gasteiger partial charge in [-0.1, -0.05) is 26.0 Å². The molecule has 0 bridgehead atoms. The molecule has 5 rings (SSSR count). The molecule has 0 aliphatic rings. The number of hydrogen-bond donors (Lipinski definition) is 1. The fourth-order valence-corrected chi connectivity index (χ4v) is 4.43. The number of aryl methyl sites for hydroxylation is 1. The molecule has 0 unspecified atom stereocenters. The lowest BCUT2D eigenvalue weighted by Crippen LogP contribution is -2.00. The normalized spacial score (nSPS) is 11.5. The lowest BCUT2D eigenvalue weighted by atomic mass is 10.1. The first kappa shape index (κ1) is 18.6. The van der Waals surface area contributed by atoms with E-state index in [9.17, 15) is 0 Å². The maximum Gasteiger partial charge on any atom is 0.162 e. The van der Waals surface area contributed by atoms with Crippen LogP contribution >= 0.6 is 11.3 Å². The summed E-state index contributed by atoms with van der Waals surface area (Å²) in [6.07, 6.45) is 3.52. The molecule has 0 atom stereocenters. The van der Waals surface area contributed by atoms with Crippen molar-refractivity contribution in [3.05, 3.63) is 71.5 Å². The Morgan fingerprint density at radius 3 is 2.57 bits per heavy atom. The van der Waals surface area contributed by atoms with Crippen LogP contribution in [-0.4, -0.2) is 19.9 Å². The summed E-state index contributed by atoms with van der Waals surface area (Å²) in [5.74, 6) is 1.90. The Morgan fingerprint density at radius 1 is 0.933 bits per heavy atom. The van der Waals surface area contributed by atoms with Crippen LogP contribution < -0.4 is 5.32 Å². The van der Waals surface area contributed by atoms with Gasteiger partial charge in [0.15, 0.2) is 5.82 Å². The average Bonchev–Trinajstić information content (AvgIpc) is 3.19. The molecule has 5 nitrogen and oxygen atoms in total. The van der Waals surface area contributed by atoms with Crippen LogP contribution in [0.3, 0.4) is 0 Å². The summed E-state index contributed by atoms with van der Waals surface area (Å²) in [7, 11) is 0. The van der Waals surface area contributed by atoms with Gasteiger partial charge >= 0.3 is 0 Å². The van der Waals surface area contributed by atoms with Gasteiger partial charge in [-0.25, -0.2) is 15.0 Å². The van der Waals surface area contributed by atoms with Crippen molar-refractivity contribution in [3.8, 4) is 11.4 Å². The van der Waals surface area contributed by atoms with E-state index in [-0.39, 0.29) is 0 Å². The molecule has 3 heterocycles. The number of rotatable bonds is 4. The Hall–Kier alpha value is -3.38. The van der Waals surface area contributed by atoms with E-state index in [0.717, 1.165) is 44.1 Å². The van der Waals surface area contributed by atoms with Gasteiger partial charge in [-0.2, -0.15) is 0 Å². The molecule has 0 radical (unpaired) electrons. The first-order chi connectivity index (χ1) is 14.6. The second kappa shape index (κ2) is 7.46. The summed E-state index contributed by atoms with van der Waals surface area (Å²) in [4.78, 5) is 18.5. The Morgan fingerprint density at radius 2 is 1.77 bits per heavy atom. The highest BCUT2D eigenvalue weighted by molar-refractivity contribution is 7.18. The minimum atomic E-state index is 0.426. The zero-order chi connectivity index (χ0) is 20.7. The van der Waals surface area contributed by atoms with Crippen molar-refractivity contribution in [2.45, 2.75) is 26.7 Å². The summed E-state index contributed by atoms with van der Waals surface area (Å²) in [6.45, 7) is 6.42. The monoisotopic (exact) mass is 411 g/mol. The van der Waals surface area contributed by atoms with E-state index in [1.807, 2.05) is 18.2 Å². The van der Waals surface area contributed by atoms with Crippen LogP contribution in [-0.2, 0) is 0 Å². The predicted molar refractivity (Wildman–Crippen MR) is 124 cm³/mol. The highest BCUT2D eigenvalue weighted by atomic mass is 32.1. The molecular weight excluding hydrogens is 390 g/mol. The molecule has 0 spiro atoms. The summed E-state index contributed by atoms with van der Waals surface area (Å²) >= 11 is 1.75. The molecule has 1 N–H and O–H groups in total. The van der Waals surface area contributed by atoms with Gasteiger partial charge in [-0.3, -0.25) is 4.98 Å². The molecule has 0 amide bonds. The number of hydrogen-bond acceptors (Lipinski definition) is 6. The van der Waals surface area contributed by atoms with E-state index >= 15 is 0 Å². The van der Waals surface area contributed by atoms with Crippen molar-refractivity contribution in [2.75, 3.05) is 5.32 Å². The fourth-order valence-electron chi connectivity index (χ4n) is 3.42. The number of para-hydroxylation sites is 1. The van der Waals surface area contributed by atoms with Crippen molar-refractivity contribution in [2.24, 2.45) is 0 Å². The number of thiazole rings is 1. The van der Waals surface area contributed by atoms with Gasteiger partial charge in [-0.15, -0.1) is 11.3 Å². The first-order valence-electron chi connectivity index (χ1n) is 9.94. The highest BCUT2D eigenvalue weighted by Crippen LogP contribution is 2.32. The molecule has 0 aliphatic carbocycles. The maximum absolute atomic E-state index is 4.86. The molecule has 3 aromatic heterocycles. The summed E-state index contributed by atoms with van der Waals surface area (Å²) in [6, 6.07) is 16.3. The van der Waals surface area contributed by atoms with Crippen LogP contribution in [0, 0.1) is 6.92 Å². The van der Waals surface area contributed by atoms with E-state index < -0.39 is 0 Å². The van der Waals surface area contributed by atoms with Crippen molar-refractivity contribution in [3.63, 3.8) is 0 Å². The van der Waals surface area contributed by atoms with Crippen molar-refractivity contribution in [1.82, 2.24) is 19.9 Å². The zero-order valence-electron chi connectivity index (χ0n) is 17.0. The number of nitrogens with one attached hydrogen (secondary N) is 1. The van der Waals surface area contributed by atoms with E-state index in [0.29, 0.717) is 11.7 Å². The van der Waals surface area contributed by atoms with Crippen molar-refractivity contribution < 1.29 is 0 Å². The van der Waals surface area contributed by atoms with Gasteiger partial charge in [0.25, 0.3) is 0 Å². The average molecular weight is 412 g/mol. The molecule has 0 saturated heterocycles. The Kier molecular flexibility index (Phi) is 4.64. The molecule has 0 saturated carbocycles. The number of nitrogens with zero attached hydrogens (tertiary/aromatic N) is 4. The molecule has 148 valence electrons. The van der Waals surface area contributed by atoms with Gasteiger partial charge in [0.05, 0.1) is 20.7 Å². The van der Waals surface area contributed by atoms with E-state index in [1.54, 1.807) is 23.7 Å². The minimum Gasteiger partial charge on any atom is -0.340 e. The lowest BCUT2D eigenvalue weighted by Gasteiger charge is -2.12. The summed E-state index contributed by atoms with van der Waals surface area (Å²) in [5.41, 5.74) is 5.03. The third-order valence-electron chi connectivity index (χ3n) is 5.03. The largest absolute Gasteiger partial charge is 0.340 e. The van der Waals surface area contributed by atoms with Crippen molar-refractivity contribution >= 4 is 44.0 Å². The Bertz CT molecular complexity index is 1360. The maximum atomic E-state index is 4.86. The quantitative estimate of drug-likeness (QED) is 0.367. The van der Waals surface area contributed by atoms with Crippen LogP contribution in [0.4, 0.5) is 11.5 Å². The Balaban J connectivity index is 1.63. The van der Waals surface area contributed by atoms with Gasteiger partial charge in [0.2, 0.25) is 0 Å². The third-order valence-corrected chi connectivity index (χ3v) is 6.35. The Labute approximate surface area is 178 Å². The van der Waals surface area contributed by atoms with Crippen LogP contribution in [0.1, 0.15) is 30.3 Å². The molecule has 30 heavy (non-hydrogen) atoms. The van der Waals surface area contributed by atoms with Gasteiger partial charge in [-0.05, 0) is 48.9 Å². The topological polar surface area (TPSA) is 63.6 Å². The summed E-state index contributed by atoms with van der Waals surface area (Å²) in [5, 5.41) is 5.68. The standard InChI is InChI=1S/C24H21N5S/c1-14(2)24-27-19-8-7-17(13-20(19)30-24)26-23-18-6-4-5-15(3)21(18)28-22(29-23)16-9-11-25-12-10-16/h4-14H,1-3H3,(H,26,28,29). The van der Waals surface area contributed by atoms with Crippen LogP contribution in [0.25, 0.3) is 32.5 Å². The molecule has 6 heteroatoms. The van der Waals surface area contributed by atoms with E-state index in [4.69, 9.17) is 15.0 Å². The number of pyridine rings is 1. The second-order valence-electron chi connectivity index (χ2n) is 7.62. The smallest absolute Gasteiger partial charge is 0.162 e. The summed E-state index contributed by atoms with van der Waals surface area (Å²) < 4.78 is 1.17. The molecule has 0 aliphatic heterocycles. The van der Waals surface area contributed by atoms with Crippen molar-refractivity contribution in [1.29, 1.82) is 0 Å². The number of fused-ring (bicyclic) bond motifs is 2. The van der Waals surface area contributed by atoms with Crippen LogP contribution in [0.5, 0.6) is 0 Å². The van der Waals surface area contributed by atoms with Gasteiger partial charge < -0.3 is 5.32 Å². The zero-order valence-corrected chi connectivity index (χ0v) is 17.9. The second-order valence-corrected chi connectivity index (χ2v) is 8.68. The van der Waals surface area contributed by atoms with Gasteiger partial charge in [0.1, 0.15) is 5.82 Å². The van der Waals surface area contributed by atoms with E-state index in [1.165, 1.54) is 4.70 Å².